The zero-order valence-corrected chi connectivity index (χ0v) is 19.3. The average Bonchev–Trinajstić information content (AvgIpc) is 3.42. The third-order valence-corrected chi connectivity index (χ3v) is 6.18. The highest BCUT2D eigenvalue weighted by molar-refractivity contribution is 5.94. The van der Waals surface area contributed by atoms with Gasteiger partial charge in [0.05, 0.1) is 17.4 Å². The molecule has 0 saturated carbocycles. The highest BCUT2D eigenvalue weighted by Crippen LogP contribution is 2.34. The van der Waals surface area contributed by atoms with E-state index in [1.807, 2.05) is 42.1 Å². The van der Waals surface area contributed by atoms with Crippen molar-refractivity contribution in [3.05, 3.63) is 89.6 Å². The van der Waals surface area contributed by atoms with Crippen LogP contribution in [-0.4, -0.2) is 40.4 Å². The van der Waals surface area contributed by atoms with E-state index < -0.39 is 6.10 Å². The predicted octanol–water partition coefficient (Wildman–Crippen LogP) is 4.32. The minimum atomic E-state index is -0.849. The number of nitrogens with zero attached hydrogens (tertiary/aromatic N) is 4. The second kappa shape index (κ2) is 8.73. The topological polar surface area (TPSA) is 113 Å². The fraction of sp³-hybridized carbons (Fsp3) is 0.148. The molecular formula is C27H24N4O4. The maximum absolute atomic E-state index is 11.7. The van der Waals surface area contributed by atoms with Crippen molar-refractivity contribution in [2.75, 3.05) is 0 Å². The number of benzene rings is 3. The molecule has 1 atom stereocenters. The molecule has 176 valence electrons. The Hall–Kier alpha value is -4.43. The highest BCUT2D eigenvalue weighted by atomic mass is 16.3. The molecule has 0 bridgehead atoms. The molecule has 0 aliphatic heterocycles. The number of aryl methyl sites for hydroxylation is 1. The first-order chi connectivity index (χ1) is 16.8. The number of phenolic OH excluding ortho intramolecular Hbond substituents is 1. The van der Waals surface area contributed by atoms with Crippen molar-refractivity contribution < 1.29 is 20.1 Å². The first-order valence-corrected chi connectivity index (χ1v) is 11.1. The van der Waals surface area contributed by atoms with Crippen LogP contribution in [0, 0.1) is 0 Å². The number of carbonyl (C=O) groups is 1. The Balaban J connectivity index is 1.51. The van der Waals surface area contributed by atoms with E-state index in [2.05, 4.69) is 10.2 Å². The summed E-state index contributed by atoms with van der Waals surface area (Å²) in [4.78, 5) is 11.7. The lowest BCUT2D eigenvalue weighted by Gasteiger charge is -2.14. The number of aromatic nitrogens is 4. The zero-order valence-electron chi connectivity index (χ0n) is 19.3. The summed E-state index contributed by atoms with van der Waals surface area (Å²) in [6.07, 6.45) is 1.36. The minimum absolute atomic E-state index is 0.0312. The molecule has 0 radical (unpaired) electrons. The molecule has 0 spiro atoms. The van der Waals surface area contributed by atoms with Gasteiger partial charge in [0.15, 0.2) is 11.6 Å². The summed E-state index contributed by atoms with van der Waals surface area (Å²) in [6, 6.07) is 19.2. The molecule has 3 aromatic carbocycles. The summed E-state index contributed by atoms with van der Waals surface area (Å²) < 4.78 is 3.47. The summed E-state index contributed by atoms with van der Waals surface area (Å²) >= 11 is 0. The summed E-state index contributed by atoms with van der Waals surface area (Å²) in [5, 5.41) is 40.8. The summed E-state index contributed by atoms with van der Waals surface area (Å²) in [5.74, 6) is 0.167. The Labute approximate surface area is 201 Å². The lowest BCUT2D eigenvalue weighted by atomic mass is 9.97. The maximum atomic E-state index is 11.7. The molecule has 0 aliphatic carbocycles. The third-order valence-electron chi connectivity index (χ3n) is 6.18. The van der Waals surface area contributed by atoms with E-state index in [0.717, 1.165) is 16.5 Å². The number of hydrogen-bond donors (Lipinski definition) is 3. The van der Waals surface area contributed by atoms with Gasteiger partial charge in [0.1, 0.15) is 5.75 Å². The van der Waals surface area contributed by atoms with Gasteiger partial charge in [0.25, 0.3) is 0 Å². The third kappa shape index (κ3) is 4.15. The van der Waals surface area contributed by atoms with Crippen LogP contribution in [0.3, 0.4) is 0 Å². The number of ketones is 1. The lowest BCUT2D eigenvalue weighted by molar-refractivity contribution is 0.101. The van der Waals surface area contributed by atoms with Crippen LogP contribution in [0.25, 0.3) is 28.0 Å². The molecule has 0 aliphatic rings. The lowest BCUT2D eigenvalue weighted by Crippen LogP contribution is -2.04. The Kier molecular flexibility index (Phi) is 5.58. The smallest absolute Gasteiger partial charge is 0.319 e. The number of hydrogen-bond acceptors (Lipinski definition) is 6. The van der Waals surface area contributed by atoms with Gasteiger partial charge in [0.2, 0.25) is 0 Å². The van der Waals surface area contributed by atoms with Crippen LogP contribution in [0.2, 0.25) is 0 Å². The summed E-state index contributed by atoms with van der Waals surface area (Å²) in [5.41, 5.74) is 3.96. The number of Topliss-reactive ketones (excluding diaryl/α,β-unsaturated/α-hetero) is 1. The Morgan fingerprint density at radius 2 is 1.83 bits per heavy atom. The van der Waals surface area contributed by atoms with E-state index in [4.69, 9.17) is 0 Å². The van der Waals surface area contributed by atoms with Crippen LogP contribution >= 0.6 is 0 Å². The number of rotatable bonds is 6. The molecule has 0 saturated heterocycles. The van der Waals surface area contributed by atoms with Crippen molar-refractivity contribution in [2.24, 2.45) is 7.05 Å². The van der Waals surface area contributed by atoms with E-state index in [0.29, 0.717) is 22.4 Å². The van der Waals surface area contributed by atoms with Gasteiger partial charge >= 0.3 is 6.01 Å². The van der Waals surface area contributed by atoms with Crippen molar-refractivity contribution in [3.8, 4) is 28.8 Å². The number of aliphatic hydroxyl groups is 1. The molecule has 8 nitrogen and oxygen atoms in total. The van der Waals surface area contributed by atoms with Crippen molar-refractivity contribution >= 4 is 16.7 Å². The van der Waals surface area contributed by atoms with Crippen LogP contribution in [0.1, 0.15) is 34.5 Å². The molecule has 35 heavy (non-hydrogen) atoms. The van der Waals surface area contributed by atoms with E-state index in [1.165, 1.54) is 17.6 Å². The first-order valence-electron chi connectivity index (χ1n) is 11.1. The number of phenols is 1. The Morgan fingerprint density at radius 1 is 1.00 bits per heavy atom. The first kappa shape index (κ1) is 22.4. The van der Waals surface area contributed by atoms with Crippen molar-refractivity contribution in [3.63, 3.8) is 0 Å². The Bertz CT molecular complexity index is 1570. The van der Waals surface area contributed by atoms with Crippen molar-refractivity contribution in [2.45, 2.75) is 19.4 Å². The van der Waals surface area contributed by atoms with Crippen LogP contribution in [0.15, 0.2) is 72.9 Å². The van der Waals surface area contributed by atoms with Gasteiger partial charge in [-0.25, -0.2) is 4.57 Å². The number of fused-ring (bicyclic) bond motifs is 1. The predicted molar refractivity (Wildman–Crippen MR) is 132 cm³/mol. The number of carbonyl (C=O) groups excluding carboxylic acids is 1. The van der Waals surface area contributed by atoms with Gasteiger partial charge in [-0.3, -0.25) is 4.79 Å². The molecule has 0 fully saturated rings. The van der Waals surface area contributed by atoms with E-state index in [-0.39, 0.29) is 29.8 Å². The molecule has 5 rings (SSSR count). The fourth-order valence-corrected chi connectivity index (χ4v) is 4.29. The standard InChI is InChI=1S/C27H24N4O4/c1-16(32)18-4-3-5-20(14-18)25(34)13-17-6-9-24(33)22(12-17)26-28-29-27(35)31(26)21-7-8-23-19(15-21)10-11-30(23)2/h3-12,14-15,25,33-34H,13H2,1-2H3,(H,29,35). The highest BCUT2D eigenvalue weighted by Gasteiger charge is 2.20. The second-order valence-electron chi connectivity index (χ2n) is 8.58. The number of aliphatic hydroxyl groups excluding tert-OH is 1. The molecule has 1 unspecified atom stereocenters. The molecule has 5 aromatic rings. The minimum Gasteiger partial charge on any atom is -0.507 e. The van der Waals surface area contributed by atoms with E-state index in [1.54, 1.807) is 36.4 Å². The maximum Gasteiger partial charge on any atom is 0.319 e. The molecule has 8 heteroatoms. The van der Waals surface area contributed by atoms with Crippen LogP contribution in [0.5, 0.6) is 11.8 Å². The van der Waals surface area contributed by atoms with Crippen LogP contribution in [0.4, 0.5) is 0 Å². The van der Waals surface area contributed by atoms with Gasteiger partial charge in [0, 0.05) is 36.1 Å². The van der Waals surface area contributed by atoms with E-state index >= 15 is 0 Å². The number of aromatic hydroxyl groups is 2. The van der Waals surface area contributed by atoms with Crippen LogP contribution < -0.4 is 0 Å². The molecule has 3 N–H and O–H groups in total. The summed E-state index contributed by atoms with van der Waals surface area (Å²) in [6.45, 7) is 1.48. The second-order valence-corrected chi connectivity index (χ2v) is 8.58. The van der Waals surface area contributed by atoms with Gasteiger partial charge in [-0.05, 0) is 60.5 Å². The van der Waals surface area contributed by atoms with Crippen molar-refractivity contribution in [1.82, 2.24) is 19.3 Å². The largest absolute Gasteiger partial charge is 0.507 e. The SMILES string of the molecule is CC(=O)c1cccc(C(O)Cc2ccc(O)c(-c3nnc(O)n3-c3ccc4c(ccn4C)c3)c2)c1. The van der Waals surface area contributed by atoms with E-state index in [9.17, 15) is 20.1 Å². The normalized spacial score (nSPS) is 12.2. The zero-order chi connectivity index (χ0) is 24.7. The molecule has 2 aromatic heterocycles. The molecular weight excluding hydrogens is 444 g/mol. The van der Waals surface area contributed by atoms with Gasteiger partial charge in [-0.2, -0.15) is 0 Å². The molecule has 0 amide bonds. The van der Waals surface area contributed by atoms with Crippen LogP contribution in [-0.2, 0) is 13.5 Å². The fourth-order valence-electron chi connectivity index (χ4n) is 4.29. The van der Waals surface area contributed by atoms with Gasteiger partial charge < -0.3 is 19.9 Å². The van der Waals surface area contributed by atoms with Gasteiger partial charge in [-0.15, -0.1) is 5.10 Å². The summed E-state index contributed by atoms with van der Waals surface area (Å²) in [7, 11) is 1.96. The van der Waals surface area contributed by atoms with Gasteiger partial charge in [-0.1, -0.05) is 29.4 Å². The monoisotopic (exact) mass is 468 g/mol. The molecule has 2 heterocycles. The average molecular weight is 469 g/mol. The van der Waals surface area contributed by atoms with Crippen molar-refractivity contribution in [1.29, 1.82) is 0 Å². The quantitative estimate of drug-likeness (QED) is 0.320. The Morgan fingerprint density at radius 3 is 2.63 bits per heavy atom.